The summed E-state index contributed by atoms with van der Waals surface area (Å²) < 4.78 is 17.6. The summed E-state index contributed by atoms with van der Waals surface area (Å²) in [5.41, 5.74) is 3.38. The van der Waals surface area contributed by atoms with E-state index in [2.05, 4.69) is 27.3 Å². The summed E-state index contributed by atoms with van der Waals surface area (Å²) in [7, 11) is 2.97. The van der Waals surface area contributed by atoms with Gasteiger partial charge < -0.3 is 19.5 Å². The maximum absolute atomic E-state index is 13.4. The molecule has 35 heavy (non-hydrogen) atoms. The molecule has 2 aromatic carbocycles. The van der Waals surface area contributed by atoms with Gasteiger partial charge >= 0.3 is 5.97 Å². The fourth-order valence-electron chi connectivity index (χ4n) is 5.03. The van der Waals surface area contributed by atoms with Crippen LogP contribution in [-0.2, 0) is 20.9 Å². The Morgan fingerprint density at radius 1 is 1.11 bits per heavy atom. The Bertz CT molecular complexity index is 1230. The van der Waals surface area contributed by atoms with Gasteiger partial charge in [0.25, 0.3) is 0 Å². The number of rotatable bonds is 6. The van der Waals surface area contributed by atoms with Crippen LogP contribution in [0.1, 0.15) is 44.2 Å². The molecule has 0 bridgehead atoms. The fourth-order valence-corrected chi connectivity index (χ4v) is 5.43. The van der Waals surface area contributed by atoms with Gasteiger partial charge in [-0.2, -0.15) is 0 Å². The lowest BCUT2D eigenvalue weighted by molar-refractivity contribution is -0.136. The van der Waals surface area contributed by atoms with Crippen LogP contribution in [0.4, 0.5) is 0 Å². The lowest BCUT2D eigenvalue weighted by Gasteiger charge is -2.41. The summed E-state index contributed by atoms with van der Waals surface area (Å²) in [6.45, 7) is 6.20. The monoisotopic (exact) mass is 539 g/mol. The van der Waals surface area contributed by atoms with Crippen molar-refractivity contribution in [3.63, 3.8) is 0 Å². The number of methoxy groups -OCH3 is 2. The van der Waals surface area contributed by atoms with Gasteiger partial charge in [0, 0.05) is 29.3 Å². The van der Waals surface area contributed by atoms with E-state index in [0.717, 1.165) is 21.3 Å². The van der Waals surface area contributed by atoms with Crippen LogP contribution in [0, 0.1) is 11.3 Å². The van der Waals surface area contributed by atoms with Crippen molar-refractivity contribution in [2.45, 2.75) is 39.7 Å². The van der Waals surface area contributed by atoms with Gasteiger partial charge in [-0.3, -0.25) is 4.79 Å². The minimum Gasteiger partial charge on any atom is -0.496 e. The fraction of sp³-hybridized carbons (Fsp3) is 0.357. The van der Waals surface area contributed by atoms with Gasteiger partial charge in [-0.15, -0.1) is 0 Å². The first-order valence-electron chi connectivity index (χ1n) is 11.5. The van der Waals surface area contributed by atoms with E-state index < -0.39 is 17.8 Å². The number of hydrogen-bond acceptors (Lipinski definition) is 6. The molecular formula is C28H30BrNO5. The van der Waals surface area contributed by atoms with Crippen molar-refractivity contribution in [3.8, 4) is 11.5 Å². The van der Waals surface area contributed by atoms with Crippen molar-refractivity contribution in [1.82, 2.24) is 5.32 Å². The van der Waals surface area contributed by atoms with Crippen molar-refractivity contribution in [2.24, 2.45) is 11.3 Å². The zero-order chi connectivity index (χ0) is 25.3. The average molecular weight is 540 g/mol. The second-order valence-corrected chi connectivity index (χ2v) is 10.5. The topological polar surface area (TPSA) is 73.9 Å². The number of para-hydroxylation sites is 1. The van der Waals surface area contributed by atoms with E-state index >= 15 is 0 Å². The number of allylic oxidation sites excluding steroid dienone is 3. The van der Waals surface area contributed by atoms with Gasteiger partial charge in [0.05, 0.1) is 30.2 Å². The molecule has 4 rings (SSSR count). The van der Waals surface area contributed by atoms with E-state index in [4.69, 9.17) is 14.2 Å². The van der Waals surface area contributed by atoms with Gasteiger partial charge in [-0.25, -0.2) is 4.79 Å². The largest absolute Gasteiger partial charge is 0.496 e. The minimum absolute atomic E-state index is 0.0979. The summed E-state index contributed by atoms with van der Waals surface area (Å²) in [5.74, 6) is 0.0572. The molecule has 0 radical (unpaired) electrons. The Morgan fingerprint density at radius 2 is 1.86 bits per heavy atom. The Labute approximate surface area is 214 Å². The summed E-state index contributed by atoms with van der Waals surface area (Å²) in [6, 6.07) is 13.4. The van der Waals surface area contributed by atoms with Crippen molar-refractivity contribution >= 4 is 27.7 Å². The summed E-state index contributed by atoms with van der Waals surface area (Å²) in [4.78, 5) is 26.4. The molecular weight excluding hydrogens is 510 g/mol. The predicted octanol–water partition coefficient (Wildman–Crippen LogP) is 5.67. The van der Waals surface area contributed by atoms with Crippen LogP contribution in [0.5, 0.6) is 11.5 Å². The van der Waals surface area contributed by atoms with E-state index in [1.54, 1.807) is 7.11 Å². The van der Waals surface area contributed by atoms with Crippen LogP contribution < -0.4 is 14.8 Å². The summed E-state index contributed by atoms with van der Waals surface area (Å²) in [5, 5.41) is 3.32. The van der Waals surface area contributed by atoms with Gasteiger partial charge in [-0.05, 0) is 58.1 Å². The first-order valence-corrected chi connectivity index (χ1v) is 12.3. The van der Waals surface area contributed by atoms with Crippen LogP contribution in [-0.4, -0.2) is 26.0 Å². The van der Waals surface area contributed by atoms with E-state index in [1.165, 1.54) is 7.11 Å². The highest BCUT2D eigenvalue weighted by Crippen LogP contribution is 2.47. The van der Waals surface area contributed by atoms with E-state index in [0.29, 0.717) is 29.2 Å². The molecule has 2 aliphatic rings. The third-order valence-corrected chi connectivity index (χ3v) is 7.18. The van der Waals surface area contributed by atoms with Gasteiger partial charge in [-0.1, -0.05) is 38.1 Å². The first kappa shape index (κ1) is 25.0. The smallest absolute Gasteiger partial charge is 0.336 e. The van der Waals surface area contributed by atoms with Crippen LogP contribution in [0.15, 0.2) is 70.0 Å². The molecule has 2 unspecified atom stereocenters. The van der Waals surface area contributed by atoms with Gasteiger partial charge in [0.2, 0.25) is 0 Å². The number of carbonyl (C=O) groups excluding carboxylic acids is 2. The van der Waals surface area contributed by atoms with Crippen molar-refractivity contribution in [3.05, 3.63) is 81.1 Å². The molecule has 0 spiro atoms. The first-order chi connectivity index (χ1) is 16.6. The van der Waals surface area contributed by atoms with E-state index in [9.17, 15) is 9.59 Å². The molecule has 0 fully saturated rings. The Kier molecular flexibility index (Phi) is 7.08. The molecule has 1 heterocycles. The number of ketones is 1. The second kappa shape index (κ2) is 9.90. The van der Waals surface area contributed by atoms with E-state index in [1.807, 2.05) is 63.2 Å². The van der Waals surface area contributed by atoms with Gasteiger partial charge in [0.15, 0.2) is 0 Å². The molecule has 1 aliphatic carbocycles. The second-order valence-electron chi connectivity index (χ2n) is 9.63. The Morgan fingerprint density at radius 3 is 2.54 bits per heavy atom. The van der Waals surface area contributed by atoms with Crippen LogP contribution >= 0.6 is 15.9 Å². The van der Waals surface area contributed by atoms with Crippen molar-refractivity contribution in [1.29, 1.82) is 0 Å². The van der Waals surface area contributed by atoms with E-state index in [-0.39, 0.29) is 17.8 Å². The molecule has 184 valence electrons. The third-order valence-electron chi connectivity index (χ3n) is 6.53. The van der Waals surface area contributed by atoms with Crippen LogP contribution in [0.25, 0.3) is 0 Å². The Hall–Kier alpha value is -3.06. The number of ether oxygens (including phenoxy) is 3. The maximum Gasteiger partial charge on any atom is 0.336 e. The average Bonchev–Trinajstić information content (AvgIpc) is 2.81. The maximum atomic E-state index is 13.4. The minimum atomic E-state index is -0.494. The molecule has 0 saturated heterocycles. The number of nitrogens with one attached hydrogen (secondary N) is 1. The number of hydrogen-bond donors (Lipinski definition) is 1. The number of carbonyl (C=O) groups is 2. The van der Waals surface area contributed by atoms with Crippen molar-refractivity contribution in [2.75, 3.05) is 14.2 Å². The molecule has 6 nitrogen and oxygen atoms in total. The van der Waals surface area contributed by atoms with Crippen molar-refractivity contribution < 1.29 is 23.8 Å². The predicted molar refractivity (Wildman–Crippen MR) is 137 cm³/mol. The molecule has 2 aromatic rings. The molecule has 0 saturated carbocycles. The lowest BCUT2D eigenvalue weighted by atomic mass is 9.66. The number of Topliss-reactive ketones (excluding diaryl/α,β-unsaturated/α-hetero) is 1. The quantitative estimate of drug-likeness (QED) is 0.476. The molecule has 0 aromatic heterocycles. The normalized spacial score (nSPS) is 21.0. The highest BCUT2D eigenvalue weighted by molar-refractivity contribution is 9.10. The zero-order valence-corrected chi connectivity index (χ0v) is 22.2. The lowest BCUT2D eigenvalue weighted by Crippen LogP contribution is -2.43. The zero-order valence-electron chi connectivity index (χ0n) is 20.6. The van der Waals surface area contributed by atoms with Gasteiger partial charge in [0.1, 0.15) is 23.9 Å². The van der Waals surface area contributed by atoms with Crippen LogP contribution in [0.3, 0.4) is 0 Å². The molecule has 1 N–H and O–H groups in total. The Balaban J connectivity index is 1.80. The molecule has 1 aliphatic heterocycles. The highest BCUT2D eigenvalue weighted by Gasteiger charge is 2.46. The molecule has 0 amide bonds. The number of fused-ring (bicyclic) bond motifs is 1. The molecule has 2 atom stereocenters. The molecule has 7 heteroatoms. The number of halogens is 1. The summed E-state index contributed by atoms with van der Waals surface area (Å²) >= 11 is 3.51. The number of benzene rings is 2. The third kappa shape index (κ3) is 5.01. The standard InChI is InChI=1S/C28H30BrNO5/c1-16-24(27(32)34-5)25(26-20(30-16)13-28(2,3)14-21(26)31)17-10-11-22(33-4)18(12-17)15-35-23-9-7-6-8-19(23)29/h6-13,25-26,30H,14-15H2,1-5H3. The van der Waals surface area contributed by atoms with Crippen LogP contribution in [0.2, 0.25) is 0 Å². The summed E-state index contributed by atoms with van der Waals surface area (Å²) in [6.07, 6.45) is 2.52. The number of esters is 1. The SMILES string of the molecule is COC(=O)C1=C(C)NC2=CC(C)(C)CC(=O)C2C1c1ccc(OC)c(COc2ccccc2Br)c1. The highest BCUT2D eigenvalue weighted by atomic mass is 79.9.